The van der Waals surface area contributed by atoms with Crippen molar-refractivity contribution >= 4 is 0 Å². The van der Waals surface area contributed by atoms with Gasteiger partial charge in [-0.2, -0.15) is 0 Å². The fourth-order valence-corrected chi connectivity index (χ4v) is 6.79. The van der Waals surface area contributed by atoms with E-state index in [2.05, 4.69) is 126 Å². The van der Waals surface area contributed by atoms with Gasteiger partial charge in [0, 0.05) is 36.7 Å². The molecule has 0 amide bonds. The van der Waals surface area contributed by atoms with Crippen LogP contribution in [0.15, 0.2) is 36.8 Å². The van der Waals surface area contributed by atoms with Crippen LogP contribution in [0.3, 0.4) is 0 Å². The predicted octanol–water partition coefficient (Wildman–Crippen LogP) is 14.9. The van der Waals surface area contributed by atoms with E-state index in [-0.39, 0.29) is 0 Å². The Morgan fingerprint density at radius 2 is 0.824 bits per heavy atom. The van der Waals surface area contributed by atoms with E-state index in [9.17, 15) is 0 Å². The molecule has 0 aromatic rings. The summed E-state index contributed by atoms with van der Waals surface area (Å²) in [5.41, 5.74) is 5.59. The topological polar surface area (TPSA) is 36.1 Å². The Kier molecular flexibility index (Phi) is 24.2. The van der Waals surface area contributed by atoms with E-state index >= 15 is 0 Å². The molecule has 0 fully saturated rings. The van der Waals surface area contributed by atoms with Gasteiger partial charge in [-0.25, -0.2) is 0 Å². The minimum atomic E-state index is 0.301. The summed E-state index contributed by atoms with van der Waals surface area (Å²) in [6.45, 7) is 47.1. The lowest BCUT2D eigenvalue weighted by Crippen LogP contribution is -2.29. The van der Waals surface area contributed by atoms with E-state index in [4.69, 9.17) is 0 Å². The Morgan fingerprint density at radius 3 is 1.27 bits per heavy atom. The third kappa shape index (κ3) is 31.8. The zero-order valence-corrected chi connectivity index (χ0v) is 37.5. The third-order valence-corrected chi connectivity index (χ3v) is 11.3. The molecule has 0 saturated heterocycles. The number of allylic oxidation sites excluding steroid dienone is 3. The molecule has 0 aromatic heterocycles. The van der Waals surface area contributed by atoms with E-state index in [0.717, 1.165) is 44.8 Å². The summed E-state index contributed by atoms with van der Waals surface area (Å²) in [4.78, 5) is 0. The van der Waals surface area contributed by atoms with E-state index in [0.29, 0.717) is 27.1 Å². The molecule has 0 heterocycles. The van der Waals surface area contributed by atoms with Crippen molar-refractivity contribution < 1.29 is 0 Å². The van der Waals surface area contributed by atoms with Gasteiger partial charge in [0.1, 0.15) is 0 Å². The van der Waals surface area contributed by atoms with Gasteiger partial charge in [-0.15, -0.1) is 0 Å². The van der Waals surface area contributed by atoms with Crippen LogP contribution in [0, 0.1) is 33.0 Å². The van der Waals surface area contributed by atoms with E-state index < -0.39 is 0 Å². The number of rotatable bonds is 32. The Labute approximate surface area is 322 Å². The molecule has 0 aliphatic rings. The molecule has 1 atom stereocenters. The molecule has 0 radical (unpaired) electrons. The lowest BCUT2D eigenvalue weighted by atomic mass is 9.78. The van der Waals surface area contributed by atoms with Gasteiger partial charge in [0.2, 0.25) is 0 Å². The fourth-order valence-electron chi connectivity index (χ4n) is 6.79. The minimum absolute atomic E-state index is 0.301. The van der Waals surface area contributed by atoms with Crippen molar-refractivity contribution in [2.24, 2.45) is 33.0 Å². The predicted molar refractivity (Wildman–Crippen MR) is 233 cm³/mol. The maximum atomic E-state index is 4.40. The molecule has 3 nitrogen and oxygen atoms in total. The second-order valence-corrected chi connectivity index (χ2v) is 21.5. The van der Waals surface area contributed by atoms with Gasteiger partial charge in [-0.3, -0.25) is 0 Å². The first-order chi connectivity index (χ1) is 23.4. The van der Waals surface area contributed by atoms with Crippen LogP contribution in [0.25, 0.3) is 0 Å². The molecule has 0 aliphatic carbocycles. The van der Waals surface area contributed by atoms with Crippen LogP contribution in [0.4, 0.5) is 0 Å². The van der Waals surface area contributed by atoms with E-state index in [1.165, 1.54) is 126 Å². The Hall–Kier alpha value is -1.38. The Morgan fingerprint density at radius 1 is 0.431 bits per heavy atom. The summed E-state index contributed by atoms with van der Waals surface area (Å²) >= 11 is 0. The first kappa shape index (κ1) is 49.6. The number of nitrogens with one attached hydrogen (secondary N) is 3. The lowest BCUT2D eigenvalue weighted by Gasteiger charge is -2.30. The Bertz CT molecular complexity index is 939. The van der Waals surface area contributed by atoms with Crippen molar-refractivity contribution in [3.05, 3.63) is 36.8 Å². The third-order valence-electron chi connectivity index (χ3n) is 11.3. The molecule has 0 spiro atoms. The van der Waals surface area contributed by atoms with Crippen LogP contribution < -0.4 is 16.0 Å². The van der Waals surface area contributed by atoms with Gasteiger partial charge in [0.25, 0.3) is 0 Å². The van der Waals surface area contributed by atoms with Gasteiger partial charge < -0.3 is 16.0 Å². The molecular formula is C48H95N3. The summed E-state index contributed by atoms with van der Waals surface area (Å²) in [5, 5.41) is 11.0. The highest BCUT2D eigenvalue weighted by atomic mass is 14.9. The molecule has 0 aliphatic heterocycles. The summed E-state index contributed by atoms with van der Waals surface area (Å²) in [7, 11) is 0. The van der Waals surface area contributed by atoms with Crippen LogP contribution >= 0.6 is 0 Å². The summed E-state index contributed by atoms with van der Waals surface area (Å²) < 4.78 is 0. The summed E-state index contributed by atoms with van der Waals surface area (Å²) in [5.74, 6) is 0.799. The van der Waals surface area contributed by atoms with Crippen LogP contribution in [0.5, 0.6) is 0 Å². The maximum absolute atomic E-state index is 4.40. The van der Waals surface area contributed by atoms with Gasteiger partial charge in [0.05, 0.1) is 0 Å². The molecule has 0 rings (SSSR count). The van der Waals surface area contributed by atoms with Crippen molar-refractivity contribution in [1.29, 1.82) is 0 Å². The van der Waals surface area contributed by atoms with E-state index in [1.54, 1.807) is 0 Å². The van der Waals surface area contributed by atoms with Gasteiger partial charge in [-0.05, 0) is 116 Å². The van der Waals surface area contributed by atoms with Crippen LogP contribution in [0.1, 0.15) is 218 Å². The van der Waals surface area contributed by atoms with Crippen LogP contribution in [-0.2, 0) is 0 Å². The standard InChI is InChI=1S/C48H95N3/c1-17-18-30-46(11,12)35-37-50-41(3)26-23-29-43(28-22-20-25-42(4)51-39-48(15,16)34-32-45(8,9)10)27-21-19-24-40(2)49-38-36-47(13,14)33-31-44(5,6)7/h43,49-51H,2-4,17-39H2,1,5-16H3. The minimum Gasteiger partial charge on any atom is -0.389 e. The SMILES string of the molecule is C=C(CCCC(CCCCC(=C)NCCC(C)(C)CCC(C)(C)C)CCCCC(=C)NCC(C)(C)CCC(C)(C)C)NCCC(C)(C)CCCC. The zero-order chi connectivity index (χ0) is 39.2. The number of hydrogen-bond acceptors (Lipinski definition) is 3. The average molecular weight is 714 g/mol. The molecule has 51 heavy (non-hydrogen) atoms. The molecule has 3 N–H and O–H groups in total. The van der Waals surface area contributed by atoms with Crippen LogP contribution in [-0.4, -0.2) is 19.6 Å². The normalized spacial score (nSPS) is 13.6. The molecule has 302 valence electrons. The highest BCUT2D eigenvalue weighted by Crippen LogP contribution is 2.33. The first-order valence-electron chi connectivity index (χ1n) is 21.7. The van der Waals surface area contributed by atoms with Crippen molar-refractivity contribution in [2.45, 2.75) is 218 Å². The van der Waals surface area contributed by atoms with Gasteiger partial charge in [-0.1, -0.05) is 155 Å². The van der Waals surface area contributed by atoms with Crippen LogP contribution in [0.2, 0.25) is 0 Å². The quantitative estimate of drug-likeness (QED) is 0.0607. The molecule has 0 bridgehead atoms. The smallest absolute Gasteiger partial charge is 0.0195 e. The second-order valence-electron chi connectivity index (χ2n) is 21.5. The van der Waals surface area contributed by atoms with E-state index in [1.807, 2.05) is 0 Å². The molecule has 3 heteroatoms. The average Bonchev–Trinajstić information content (AvgIpc) is 3.00. The molecular weight excluding hydrogens is 619 g/mol. The molecule has 0 aromatic carbocycles. The molecule has 1 unspecified atom stereocenters. The maximum Gasteiger partial charge on any atom is 0.0195 e. The van der Waals surface area contributed by atoms with Crippen molar-refractivity contribution in [1.82, 2.24) is 16.0 Å². The number of hydrogen-bond donors (Lipinski definition) is 3. The largest absolute Gasteiger partial charge is 0.389 e. The zero-order valence-electron chi connectivity index (χ0n) is 37.5. The summed E-state index contributed by atoms with van der Waals surface area (Å²) in [6.07, 6.45) is 25.0. The first-order valence-corrected chi connectivity index (χ1v) is 21.7. The Balaban J connectivity index is 4.74. The highest BCUT2D eigenvalue weighted by molar-refractivity contribution is 4.94. The summed E-state index contributed by atoms with van der Waals surface area (Å²) in [6, 6.07) is 0. The number of unbranched alkanes of at least 4 members (excludes halogenated alkanes) is 3. The van der Waals surface area contributed by atoms with Crippen molar-refractivity contribution in [2.75, 3.05) is 19.6 Å². The molecule has 0 saturated carbocycles. The highest BCUT2D eigenvalue weighted by Gasteiger charge is 2.23. The monoisotopic (exact) mass is 714 g/mol. The fraction of sp³-hybridized carbons (Fsp3) is 0.875. The lowest BCUT2D eigenvalue weighted by molar-refractivity contribution is 0.240. The van der Waals surface area contributed by atoms with Crippen molar-refractivity contribution in [3.8, 4) is 0 Å². The second kappa shape index (κ2) is 24.8. The van der Waals surface area contributed by atoms with Gasteiger partial charge in [0.15, 0.2) is 0 Å². The van der Waals surface area contributed by atoms with Crippen molar-refractivity contribution in [3.63, 3.8) is 0 Å². The van der Waals surface area contributed by atoms with Gasteiger partial charge >= 0.3 is 0 Å².